The van der Waals surface area contributed by atoms with Crippen molar-refractivity contribution in [2.24, 2.45) is 11.7 Å². The number of rotatable bonds is 7. The lowest BCUT2D eigenvalue weighted by Gasteiger charge is -2.39. The Morgan fingerprint density at radius 2 is 1.98 bits per heavy atom. The number of nitrogens with zero attached hydrogens (tertiary/aromatic N) is 1. The van der Waals surface area contributed by atoms with E-state index in [0.29, 0.717) is 28.1 Å². The average Bonchev–Trinajstić information content (AvgIpc) is 3.60. The van der Waals surface area contributed by atoms with Crippen LogP contribution in [0.3, 0.4) is 0 Å². The van der Waals surface area contributed by atoms with Crippen LogP contribution in [0.25, 0.3) is 21.9 Å². The van der Waals surface area contributed by atoms with Crippen molar-refractivity contribution in [1.82, 2.24) is 9.88 Å². The van der Waals surface area contributed by atoms with Gasteiger partial charge in [0.05, 0.1) is 23.4 Å². The second-order valence-corrected chi connectivity index (χ2v) is 12.0. The van der Waals surface area contributed by atoms with Gasteiger partial charge in [-0.15, -0.1) is 0 Å². The molecule has 0 unspecified atom stereocenters. The number of hydrogen-bond donors (Lipinski definition) is 5. The normalized spacial score (nSPS) is 24.6. The molecule has 4 aromatic rings. The molecule has 1 aliphatic heterocycles. The van der Waals surface area contributed by atoms with Gasteiger partial charge in [-0.1, -0.05) is 13.0 Å². The highest BCUT2D eigenvalue weighted by Crippen LogP contribution is 2.32. The van der Waals surface area contributed by atoms with Crippen LogP contribution in [-0.2, 0) is 6.61 Å². The quantitative estimate of drug-likeness (QED) is 0.195. The molecule has 1 saturated heterocycles. The van der Waals surface area contributed by atoms with Gasteiger partial charge in [0.2, 0.25) is 0 Å². The summed E-state index contributed by atoms with van der Waals surface area (Å²) < 4.78 is 38.1. The topological polar surface area (TPSA) is 145 Å². The lowest BCUT2D eigenvalue weighted by molar-refractivity contribution is -0.0252. The van der Waals surface area contributed by atoms with E-state index >= 15 is 0 Å². The number of likely N-dealkylation sites (tertiary alicyclic amines) is 1. The maximum absolute atomic E-state index is 14.0. The number of carboxylic acids is 1. The smallest absolute Gasteiger partial charge is 0.352 e. The van der Waals surface area contributed by atoms with Crippen molar-refractivity contribution >= 4 is 27.8 Å². The molecule has 9 nitrogen and oxygen atoms in total. The number of benzene rings is 2. The number of nitrogens with two attached hydrogens (primary N) is 1. The SMILES string of the molecule is C[C@H]1CN(CCC2(O)CCC(N)CC2)CC[C@@H]1O.O=C(O)c1cc2c(OCc3coc4cc(F)cc(F)c34)cccc2[nH]1. The largest absolute Gasteiger partial charge is 0.488 e. The number of aromatic nitrogens is 1. The molecular weight excluding hydrogens is 560 g/mol. The number of carboxylic acid groups (broad SMARTS) is 1. The number of ether oxygens (including phenoxy) is 1. The third-order valence-electron chi connectivity index (χ3n) is 8.70. The summed E-state index contributed by atoms with van der Waals surface area (Å²) in [5, 5.41) is 30.0. The van der Waals surface area contributed by atoms with Gasteiger partial charge in [0.1, 0.15) is 35.3 Å². The van der Waals surface area contributed by atoms with Crippen LogP contribution in [0.1, 0.15) is 61.5 Å². The van der Waals surface area contributed by atoms with Gasteiger partial charge in [0.15, 0.2) is 0 Å². The Kier molecular flexibility index (Phi) is 9.36. The van der Waals surface area contributed by atoms with Crippen LogP contribution in [0.2, 0.25) is 0 Å². The highest BCUT2D eigenvalue weighted by molar-refractivity contribution is 5.96. The van der Waals surface area contributed by atoms with Gasteiger partial charge in [-0.2, -0.15) is 0 Å². The zero-order chi connectivity index (χ0) is 30.7. The van der Waals surface area contributed by atoms with E-state index < -0.39 is 23.2 Å². The van der Waals surface area contributed by atoms with Crippen molar-refractivity contribution in [2.45, 2.75) is 69.8 Å². The van der Waals surface area contributed by atoms with E-state index in [1.165, 1.54) is 12.3 Å². The maximum atomic E-state index is 14.0. The number of carbonyl (C=O) groups is 1. The van der Waals surface area contributed by atoms with Crippen LogP contribution in [0, 0.1) is 17.6 Å². The molecule has 2 aromatic heterocycles. The summed E-state index contributed by atoms with van der Waals surface area (Å²) in [6.45, 7) is 4.95. The van der Waals surface area contributed by atoms with Crippen LogP contribution in [-0.4, -0.2) is 68.6 Å². The van der Waals surface area contributed by atoms with E-state index in [1.807, 2.05) is 0 Å². The van der Waals surface area contributed by atoms with Crippen molar-refractivity contribution in [2.75, 3.05) is 19.6 Å². The molecule has 2 aliphatic rings. The number of piperidine rings is 1. The van der Waals surface area contributed by atoms with E-state index in [2.05, 4.69) is 16.8 Å². The molecular formula is C32H39F2N3O6. The summed E-state index contributed by atoms with van der Waals surface area (Å²) >= 11 is 0. The molecule has 6 N–H and O–H groups in total. The summed E-state index contributed by atoms with van der Waals surface area (Å²) in [5.41, 5.74) is 6.57. The number of aromatic amines is 1. The van der Waals surface area contributed by atoms with Crippen LogP contribution in [0.4, 0.5) is 8.78 Å². The highest BCUT2D eigenvalue weighted by Gasteiger charge is 2.33. The van der Waals surface area contributed by atoms with Crippen molar-refractivity contribution in [1.29, 1.82) is 0 Å². The van der Waals surface area contributed by atoms with E-state index in [0.717, 1.165) is 70.3 Å². The van der Waals surface area contributed by atoms with Gasteiger partial charge in [0.25, 0.3) is 0 Å². The van der Waals surface area contributed by atoms with E-state index in [-0.39, 0.29) is 35.4 Å². The number of aromatic carboxylic acids is 1. The average molecular weight is 600 g/mol. The molecule has 0 bridgehead atoms. The van der Waals surface area contributed by atoms with Crippen molar-refractivity contribution < 1.29 is 38.0 Å². The first-order valence-electron chi connectivity index (χ1n) is 14.7. The first kappa shape index (κ1) is 30.9. The fourth-order valence-corrected chi connectivity index (χ4v) is 5.99. The lowest BCUT2D eigenvalue weighted by atomic mass is 9.80. The summed E-state index contributed by atoms with van der Waals surface area (Å²) in [6.07, 6.45) is 6.48. The second kappa shape index (κ2) is 13.0. The van der Waals surface area contributed by atoms with Gasteiger partial charge < -0.3 is 40.1 Å². The zero-order valence-electron chi connectivity index (χ0n) is 24.2. The summed E-state index contributed by atoms with van der Waals surface area (Å²) in [6, 6.07) is 8.77. The van der Waals surface area contributed by atoms with Gasteiger partial charge in [0, 0.05) is 54.3 Å². The van der Waals surface area contributed by atoms with Crippen molar-refractivity contribution in [3.8, 4) is 5.75 Å². The molecule has 0 spiro atoms. The van der Waals surface area contributed by atoms with E-state index in [4.69, 9.17) is 20.0 Å². The number of fused-ring (bicyclic) bond motifs is 2. The molecule has 43 heavy (non-hydrogen) atoms. The summed E-state index contributed by atoms with van der Waals surface area (Å²) in [5.74, 6) is -1.72. The van der Waals surface area contributed by atoms with Gasteiger partial charge in [-0.05, 0) is 62.6 Å². The molecule has 1 saturated carbocycles. The number of aliphatic hydroxyl groups is 2. The van der Waals surface area contributed by atoms with Crippen LogP contribution < -0.4 is 10.5 Å². The Balaban J connectivity index is 0.000000181. The molecule has 232 valence electrons. The maximum Gasteiger partial charge on any atom is 0.352 e. The number of hydrogen-bond acceptors (Lipinski definition) is 7. The first-order valence-corrected chi connectivity index (χ1v) is 14.7. The van der Waals surface area contributed by atoms with Crippen molar-refractivity contribution in [3.05, 3.63) is 65.6 Å². The zero-order valence-corrected chi connectivity index (χ0v) is 24.2. The molecule has 2 fully saturated rings. The highest BCUT2D eigenvalue weighted by atomic mass is 19.1. The lowest BCUT2D eigenvalue weighted by Crippen LogP contribution is -2.45. The molecule has 2 aromatic carbocycles. The van der Waals surface area contributed by atoms with Crippen molar-refractivity contribution in [3.63, 3.8) is 0 Å². The Morgan fingerprint density at radius 3 is 2.70 bits per heavy atom. The van der Waals surface area contributed by atoms with Gasteiger partial charge in [-0.3, -0.25) is 0 Å². The standard InChI is InChI=1S/C18H11F2NO4.C14H28N2O2/c19-10-4-12(20)17-9(8-25-16(17)5-10)7-24-15-3-1-2-13-11(15)6-14(21-13)18(22)23;1-11-10-16(8-4-13(11)17)9-7-14(18)5-2-12(15)3-6-14/h1-6,8,21H,7H2,(H,22,23);11-13,17-18H,2-10,15H2,1H3/t;11-,12?,13-,14?/m.0/s1. The number of aliphatic hydroxyl groups excluding tert-OH is 1. The number of H-pyrrole nitrogens is 1. The molecule has 3 heterocycles. The molecule has 6 rings (SSSR count). The Labute approximate surface area is 248 Å². The van der Waals surface area contributed by atoms with Gasteiger partial charge >= 0.3 is 5.97 Å². The number of nitrogens with one attached hydrogen (secondary N) is 1. The number of furan rings is 1. The molecule has 0 amide bonds. The van der Waals surface area contributed by atoms with E-state index in [9.17, 15) is 23.8 Å². The summed E-state index contributed by atoms with van der Waals surface area (Å²) in [7, 11) is 0. The third kappa shape index (κ3) is 7.35. The fourth-order valence-electron chi connectivity index (χ4n) is 5.99. The minimum atomic E-state index is -1.08. The minimum absolute atomic E-state index is 0.0117. The second-order valence-electron chi connectivity index (χ2n) is 12.0. The Bertz CT molecular complexity index is 1560. The van der Waals surface area contributed by atoms with E-state index in [1.54, 1.807) is 18.2 Å². The van der Waals surface area contributed by atoms with Crippen LogP contribution in [0.5, 0.6) is 5.75 Å². The fraction of sp³-hybridized carbons (Fsp3) is 0.469. The predicted octanol–water partition coefficient (Wildman–Crippen LogP) is 5.18. The van der Waals surface area contributed by atoms with Gasteiger partial charge in [-0.25, -0.2) is 13.6 Å². The Hall–Kier alpha value is -3.51. The molecule has 11 heteroatoms. The van der Waals surface area contributed by atoms with Crippen LogP contribution in [0.15, 0.2) is 47.1 Å². The van der Waals surface area contributed by atoms with Crippen LogP contribution >= 0.6 is 0 Å². The monoisotopic (exact) mass is 599 g/mol. The Morgan fingerprint density at radius 1 is 1.21 bits per heavy atom. The molecule has 0 radical (unpaired) electrons. The summed E-state index contributed by atoms with van der Waals surface area (Å²) in [4.78, 5) is 16.2. The molecule has 2 atom stereocenters. The third-order valence-corrected chi connectivity index (χ3v) is 8.70. The number of halogens is 2. The first-order chi connectivity index (χ1) is 20.5. The molecule has 1 aliphatic carbocycles. The minimum Gasteiger partial charge on any atom is -0.488 e. The predicted molar refractivity (Wildman–Crippen MR) is 158 cm³/mol.